The van der Waals surface area contributed by atoms with E-state index in [0.717, 1.165) is 19.4 Å². The summed E-state index contributed by atoms with van der Waals surface area (Å²) in [7, 11) is 0. The number of aromatic nitrogens is 2. The maximum Gasteiger partial charge on any atom is 0.225 e. The first-order chi connectivity index (χ1) is 9.16. The number of carbonyl (C=O) groups excluding carboxylic acids is 1. The van der Waals surface area contributed by atoms with E-state index >= 15 is 0 Å². The Morgan fingerprint density at radius 2 is 2.26 bits per heavy atom. The standard InChI is InChI=1S/C12H15Cl2N3O2/c13-10-11(14)15-7-16-12(10)17-9(18)5-4-8-3-1-2-6-19-8/h7-8H,1-6H2,(H,15,16,17,18). The summed E-state index contributed by atoms with van der Waals surface area (Å²) in [5.74, 6) is 0.0991. The number of hydrogen-bond donors (Lipinski definition) is 1. The van der Waals surface area contributed by atoms with Crippen LogP contribution in [0.1, 0.15) is 32.1 Å². The van der Waals surface area contributed by atoms with Crippen molar-refractivity contribution in [1.82, 2.24) is 9.97 Å². The summed E-state index contributed by atoms with van der Waals surface area (Å²) < 4.78 is 5.57. The van der Waals surface area contributed by atoms with Gasteiger partial charge in [0.1, 0.15) is 11.3 Å². The average molecular weight is 304 g/mol. The zero-order valence-corrected chi connectivity index (χ0v) is 11.9. The van der Waals surface area contributed by atoms with Crippen molar-refractivity contribution >= 4 is 34.9 Å². The van der Waals surface area contributed by atoms with Crippen molar-refractivity contribution in [2.45, 2.75) is 38.2 Å². The maximum atomic E-state index is 11.8. The van der Waals surface area contributed by atoms with Crippen LogP contribution in [-0.2, 0) is 9.53 Å². The quantitative estimate of drug-likeness (QED) is 0.868. The molecule has 104 valence electrons. The molecule has 0 aliphatic carbocycles. The largest absolute Gasteiger partial charge is 0.378 e. The molecule has 1 aromatic rings. The molecular formula is C12H15Cl2N3O2. The predicted octanol–water partition coefficient (Wildman–Crippen LogP) is 3.07. The van der Waals surface area contributed by atoms with Gasteiger partial charge in [-0.05, 0) is 25.7 Å². The SMILES string of the molecule is O=C(CCC1CCCCO1)Nc1ncnc(Cl)c1Cl. The van der Waals surface area contributed by atoms with Gasteiger partial charge in [-0.3, -0.25) is 4.79 Å². The molecule has 0 aromatic carbocycles. The van der Waals surface area contributed by atoms with E-state index in [4.69, 9.17) is 27.9 Å². The smallest absolute Gasteiger partial charge is 0.225 e. The Bertz CT molecular complexity index is 451. The number of amides is 1. The summed E-state index contributed by atoms with van der Waals surface area (Å²) >= 11 is 11.6. The van der Waals surface area contributed by atoms with Gasteiger partial charge >= 0.3 is 0 Å². The normalized spacial score (nSPS) is 19.2. The molecule has 19 heavy (non-hydrogen) atoms. The Labute approximate surface area is 121 Å². The fraction of sp³-hybridized carbons (Fsp3) is 0.583. The number of nitrogens with one attached hydrogen (secondary N) is 1. The Hall–Kier alpha value is -0.910. The fourth-order valence-corrected chi connectivity index (χ4v) is 2.24. The van der Waals surface area contributed by atoms with Gasteiger partial charge in [0.2, 0.25) is 5.91 Å². The summed E-state index contributed by atoms with van der Waals surface area (Å²) in [6.07, 6.45) is 5.83. The molecule has 1 aromatic heterocycles. The van der Waals surface area contributed by atoms with E-state index in [1.807, 2.05) is 0 Å². The van der Waals surface area contributed by atoms with Crippen LogP contribution in [0.25, 0.3) is 0 Å². The number of rotatable bonds is 4. The maximum absolute atomic E-state index is 11.8. The van der Waals surface area contributed by atoms with Gasteiger partial charge in [-0.1, -0.05) is 23.2 Å². The van der Waals surface area contributed by atoms with E-state index in [0.29, 0.717) is 12.8 Å². The molecular weight excluding hydrogens is 289 g/mol. The van der Waals surface area contributed by atoms with E-state index in [1.165, 1.54) is 12.7 Å². The number of ether oxygens (including phenoxy) is 1. The van der Waals surface area contributed by atoms with Crippen LogP contribution in [0.15, 0.2) is 6.33 Å². The molecule has 0 radical (unpaired) electrons. The first-order valence-electron chi connectivity index (χ1n) is 6.24. The molecule has 0 bridgehead atoms. The summed E-state index contributed by atoms with van der Waals surface area (Å²) in [6.45, 7) is 0.791. The average Bonchev–Trinajstić information content (AvgIpc) is 2.43. The Balaban J connectivity index is 1.82. The van der Waals surface area contributed by atoms with Crippen molar-refractivity contribution in [3.63, 3.8) is 0 Å². The summed E-state index contributed by atoms with van der Waals surface area (Å²) in [4.78, 5) is 19.4. The van der Waals surface area contributed by atoms with Crippen molar-refractivity contribution in [2.24, 2.45) is 0 Å². The number of hydrogen-bond acceptors (Lipinski definition) is 4. The van der Waals surface area contributed by atoms with Gasteiger partial charge in [0, 0.05) is 13.0 Å². The molecule has 1 N–H and O–H groups in total. The predicted molar refractivity (Wildman–Crippen MR) is 73.5 cm³/mol. The van der Waals surface area contributed by atoms with E-state index < -0.39 is 0 Å². The van der Waals surface area contributed by atoms with Crippen LogP contribution in [0.4, 0.5) is 5.82 Å². The first kappa shape index (κ1) is 14.5. The summed E-state index contributed by atoms with van der Waals surface area (Å²) in [6, 6.07) is 0. The second kappa shape index (κ2) is 7.03. The molecule has 5 nitrogen and oxygen atoms in total. The summed E-state index contributed by atoms with van der Waals surface area (Å²) in [5.41, 5.74) is 0. The lowest BCUT2D eigenvalue weighted by Crippen LogP contribution is -2.22. The minimum Gasteiger partial charge on any atom is -0.378 e. The molecule has 7 heteroatoms. The minimum absolute atomic E-state index is 0.127. The highest BCUT2D eigenvalue weighted by molar-refractivity contribution is 6.42. The van der Waals surface area contributed by atoms with Crippen molar-refractivity contribution < 1.29 is 9.53 Å². The lowest BCUT2D eigenvalue weighted by Gasteiger charge is -2.22. The molecule has 1 atom stereocenters. The van der Waals surface area contributed by atoms with E-state index in [1.54, 1.807) is 0 Å². The van der Waals surface area contributed by atoms with Crippen LogP contribution in [0.3, 0.4) is 0 Å². The third-order valence-corrected chi connectivity index (χ3v) is 3.71. The Kier molecular flexibility index (Phi) is 5.36. The van der Waals surface area contributed by atoms with Crippen LogP contribution >= 0.6 is 23.2 Å². The van der Waals surface area contributed by atoms with Crippen molar-refractivity contribution in [3.05, 3.63) is 16.5 Å². The fourth-order valence-electron chi connectivity index (χ4n) is 1.96. The molecule has 0 saturated carbocycles. The highest BCUT2D eigenvalue weighted by Crippen LogP contribution is 2.25. The highest BCUT2D eigenvalue weighted by atomic mass is 35.5. The van der Waals surface area contributed by atoms with Crippen LogP contribution in [0, 0.1) is 0 Å². The molecule has 2 heterocycles. The Morgan fingerprint density at radius 3 is 3.00 bits per heavy atom. The molecule has 2 rings (SSSR count). The van der Waals surface area contributed by atoms with E-state index in [-0.39, 0.29) is 28.0 Å². The van der Waals surface area contributed by atoms with Crippen molar-refractivity contribution in [1.29, 1.82) is 0 Å². The van der Waals surface area contributed by atoms with Crippen LogP contribution in [-0.4, -0.2) is 28.6 Å². The van der Waals surface area contributed by atoms with Gasteiger partial charge in [-0.2, -0.15) is 0 Å². The van der Waals surface area contributed by atoms with Crippen LogP contribution < -0.4 is 5.32 Å². The third-order valence-electron chi connectivity index (χ3n) is 2.97. The molecule has 1 fully saturated rings. The Morgan fingerprint density at radius 1 is 1.42 bits per heavy atom. The molecule has 1 aliphatic rings. The topological polar surface area (TPSA) is 64.1 Å². The number of anilines is 1. The second-order valence-electron chi connectivity index (χ2n) is 4.40. The lowest BCUT2D eigenvalue weighted by molar-refractivity contribution is -0.117. The second-order valence-corrected chi connectivity index (χ2v) is 5.14. The number of halogens is 2. The first-order valence-corrected chi connectivity index (χ1v) is 7.00. The molecule has 0 spiro atoms. The molecule has 1 saturated heterocycles. The van der Waals surface area contributed by atoms with Crippen LogP contribution in [0.2, 0.25) is 10.2 Å². The van der Waals surface area contributed by atoms with Gasteiger partial charge in [0.15, 0.2) is 11.0 Å². The van der Waals surface area contributed by atoms with E-state index in [2.05, 4.69) is 15.3 Å². The number of nitrogens with zero attached hydrogens (tertiary/aromatic N) is 2. The van der Waals surface area contributed by atoms with Crippen molar-refractivity contribution in [2.75, 3.05) is 11.9 Å². The number of carbonyl (C=O) groups is 1. The van der Waals surface area contributed by atoms with Gasteiger partial charge in [0.05, 0.1) is 6.10 Å². The van der Waals surface area contributed by atoms with Crippen LogP contribution in [0.5, 0.6) is 0 Å². The lowest BCUT2D eigenvalue weighted by atomic mass is 10.0. The van der Waals surface area contributed by atoms with Gasteiger partial charge in [0.25, 0.3) is 0 Å². The third kappa shape index (κ3) is 4.30. The molecule has 1 unspecified atom stereocenters. The van der Waals surface area contributed by atoms with Gasteiger partial charge in [-0.15, -0.1) is 0 Å². The molecule has 1 amide bonds. The van der Waals surface area contributed by atoms with Gasteiger partial charge < -0.3 is 10.1 Å². The zero-order valence-electron chi connectivity index (χ0n) is 10.4. The van der Waals surface area contributed by atoms with Gasteiger partial charge in [-0.25, -0.2) is 9.97 Å². The summed E-state index contributed by atoms with van der Waals surface area (Å²) in [5, 5.41) is 2.91. The van der Waals surface area contributed by atoms with Crippen molar-refractivity contribution in [3.8, 4) is 0 Å². The molecule has 1 aliphatic heterocycles. The highest BCUT2D eigenvalue weighted by Gasteiger charge is 2.16. The minimum atomic E-state index is -0.147. The van der Waals surface area contributed by atoms with E-state index in [9.17, 15) is 4.79 Å². The zero-order chi connectivity index (χ0) is 13.7. The monoisotopic (exact) mass is 303 g/mol.